The third-order valence-corrected chi connectivity index (χ3v) is 4.25. The Bertz CT molecular complexity index is 1100. The standard InChI is InChI=1S/C21H18N4O2/c1-15-7-9-17(10-8-15)21-22-19(27-24-21)13-14-25-20(26)12-11-18(23-25)16-5-3-2-4-6-16/h2-12H,13-14H2,1H3. The molecule has 27 heavy (non-hydrogen) atoms. The summed E-state index contributed by atoms with van der Waals surface area (Å²) in [6, 6.07) is 20.9. The third kappa shape index (κ3) is 3.84. The second-order valence-electron chi connectivity index (χ2n) is 6.27. The molecule has 0 aliphatic rings. The predicted octanol–water partition coefficient (Wildman–Crippen LogP) is 3.51. The summed E-state index contributed by atoms with van der Waals surface area (Å²) in [5.41, 5.74) is 3.63. The molecule has 0 fully saturated rings. The highest BCUT2D eigenvalue weighted by atomic mass is 16.5. The first-order valence-corrected chi connectivity index (χ1v) is 8.72. The molecule has 2 aromatic carbocycles. The molecule has 0 aliphatic carbocycles. The molecular weight excluding hydrogens is 340 g/mol. The molecule has 6 nitrogen and oxygen atoms in total. The number of hydrogen-bond donors (Lipinski definition) is 0. The van der Waals surface area contributed by atoms with Gasteiger partial charge in [-0.15, -0.1) is 0 Å². The lowest BCUT2D eigenvalue weighted by Crippen LogP contribution is -2.23. The maximum Gasteiger partial charge on any atom is 0.266 e. The maximum absolute atomic E-state index is 12.1. The number of nitrogens with zero attached hydrogens (tertiary/aromatic N) is 4. The lowest BCUT2D eigenvalue weighted by Gasteiger charge is -2.05. The van der Waals surface area contributed by atoms with Crippen LogP contribution in [0.15, 0.2) is 76.0 Å². The van der Waals surface area contributed by atoms with Gasteiger partial charge in [0.15, 0.2) is 0 Å². The van der Waals surface area contributed by atoms with Gasteiger partial charge in [-0.2, -0.15) is 10.1 Å². The average molecular weight is 358 g/mol. The van der Waals surface area contributed by atoms with Gasteiger partial charge < -0.3 is 4.52 Å². The number of aromatic nitrogens is 4. The Labute approximate surface area is 156 Å². The molecular formula is C21H18N4O2. The van der Waals surface area contributed by atoms with Gasteiger partial charge in [0.25, 0.3) is 5.56 Å². The van der Waals surface area contributed by atoms with Crippen LogP contribution in [0.2, 0.25) is 0 Å². The molecule has 0 N–H and O–H groups in total. The number of benzene rings is 2. The normalized spacial score (nSPS) is 10.9. The van der Waals surface area contributed by atoms with Gasteiger partial charge in [-0.25, -0.2) is 4.68 Å². The van der Waals surface area contributed by atoms with Gasteiger partial charge in [0.1, 0.15) is 0 Å². The van der Waals surface area contributed by atoms with Gasteiger partial charge in [0.2, 0.25) is 11.7 Å². The molecule has 2 heterocycles. The van der Waals surface area contributed by atoms with Crippen molar-refractivity contribution in [1.29, 1.82) is 0 Å². The van der Waals surface area contributed by atoms with Crippen LogP contribution in [0.5, 0.6) is 0 Å². The van der Waals surface area contributed by atoms with Crippen molar-refractivity contribution in [3.05, 3.63) is 88.5 Å². The Morgan fingerprint density at radius 2 is 1.70 bits per heavy atom. The fourth-order valence-corrected chi connectivity index (χ4v) is 2.75. The summed E-state index contributed by atoms with van der Waals surface area (Å²) in [4.78, 5) is 16.5. The van der Waals surface area contributed by atoms with E-state index in [9.17, 15) is 4.79 Å². The van der Waals surface area contributed by atoms with Gasteiger partial charge >= 0.3 is 0 Å². The van der Waals surface area contributed by atoms with E-state index in [0.717, 1.165) is 16.8 Å². The lowest BCUT2D eigenvalue weighted by atomic mass is 10.1. The van der Waals surface area contributed by atoms with E-state index in [0.29, 0.717) is 24.7 Å². The molecule has 0 amide bonds. The molecule has 0 bridgehead atoms. The monoisotopic (exact) mass is 358 g/mol. The smallest absolute Gasteiger partial charge is 0.266 e. The second kappa shape index (κ2) is 7.37. The first kappa shape index (κ1) is 16.9. The van der Waals surface area contributed by atoms with Crippen LogP contribution < -0.4 is 5.56 Å². The van der Waals surface area contributed by atoms with Crippen LogP contribution in [-0.2, 0) is 13.0 Å². The summed E-state index contributed by atoms with van der Waals surface area (Å²) in [6.07, 6.45) is 0.435. The van der Waals surface area contributed by atoms with Crippen molar-refractivity contribution in [1.82, 2.24) is 19.9 Å². The molecule has 2 aromatic heterocycles. The molecule has 4 rings (SSSR count). The van der Waals surface area contributed by atoms with Crippen molar-refractivity contribution in [2.45, 2.75) is 19.9 Å². The van der Waals surface area contributed by atoms with Crippen molar-refractivity contribution >= 4 is 0 Å². The number of rotatable bonds is 5. The van der Waals surface area contributed by atoms with E-state index in [1.165, 1.54) is 16.3 Å². The zero-order chi connectivity index (χ0) is 18.6. The Hall–Kier alpha value is -3.54. The van der Waals surface area contributed by atoms with Gasteiger partial charge in [0.05, 0.1) is 12.2 Å². The summed E-state index contributed by atoms with van der Waals surface area (Å²) < 4.78 is 6.75. The van der Waals surface area contributed by atoms with Crippen LogP contribution in [0.4, 0.5) is 0 Å². The second-order valence-corrected chi connectivity index (χ2v) is 6.27. The van der Waals surface area contributed by atoms with Gasteiger partial charge in [-0.05, 0) is 13.0 Å². The fourth-order valence-electron chi connectivity index (χ4n) is 2.75. The molecule has 134 valence electrons. The maximum atomic E-state index is 12.1. The number of hydrogen-bond acceptors (Lipinski definition) is 5. The first-order valence-electron chi connectivity index (χ1n) is 8.72. The Morgan fingerprint density at radius 3 is 2.48 bits per heavy atom. The van der Waals surface area contributed by atoms with Crippen molar-refractivity contribution in [3.8, 4) is 22.6 Å². The van der Waals surface area contributed by atoms with E-state index >= 15 is 0 Å². The van der Waals surface area contributed by atoms with E-state index in [1.54, 1.807) is 6.07 Å². The van der Waals surface area contributed by atoms with E-state index < -0.39 is 0 Å². The Balaban J connectivity index is 1.51. The summed E-state index contributed by atoms with van der Waals surface area (Å²) in [5.74, 6) is 1.02. The van der Waals surface area contributed by atoms with Gasteiger partial charge in [-0.1, -0.05) is 65.3 Å². The fraction of sp³-hybridized carbons (Fsp3) is 0.143. The van der Waals surface area contributed by atoms with Gasteiger partial charge in [0, 0.05) is 23.6 Å². The van der Waals surface area contributed by atoms with Crippen molar-refractivity contribution < 1.29 is 4.52 Å². The Morgan fingerprint density at radius 1 is 0.926 bits per heavy atom. The third-order valence-electron chi connectivity index (χ3n) is 4.25. The van der Waals surface area contributed by atoms with Crippen LogP contribution in [0.25, 0.3) is 22.6 Å². The average Bonchev–Trinajstić information content (AvgIpc) is 3.17. The SMILES string of the molecule is Cc1ccc(-c2noc(CCn3nc(-c4ccccc4)ccc3=O)n2)cc1. The quantitative estimate of drug-likeness (QED) is 0.546. The molecule has 0 spiro atoms. The molecule has 0 radical (unpaired) electrons. The van der Waals surface area contributed by atoms with Crippen LogP contribution in [0.3, 0.4) is 0 Å². The molecule has 0 aliphatic heterocycles. The molecule has 0 unspecified atom stereocenters. The first-order chi connectivity index (χ1) is 13.2. The minimum Gasteiger partial charge on any atom is -0.339 e. The highest BCUT2D eigenvalue weighted by Crippen LogP contribution is 2.17. The zero-order valence-corrected chi connectivity index (χ0v) is 14.9. The summed E-state index contributed by atoms with van der Waals surface area (Å²) in [7, 11) is 0. The minimum absolute atomic E-state index is 0.159. The molecule has 0 saturated carbocycles. The van der Waals surface area contributed by atoms with Crippen molar-refractivity contribution in [2.75, 3.05) is 0 Å². The molecule has 4 aromatic rings. The highest BCUT2D eigenvalue weighted by molar-refractivity contribution is 5.57. The van der Waals surface area contributed by atoms with E-state index in [1.807, 2.05) is 61.5 Å². The summed E-state index contributed by atoms with van der Waals surface area (Å²) in [5, 5.41) is 8.47. The number of aryl methyl sites for hydroxylation is 3. The molecule has 0 atom stereocenters. The van der Waals surface area contributed by atoms with Crippen molar-refractivity contribution in [2.24, 2.45) is 0 Å². The largest absolute Gasteiger partial charge is 0.339 e. The van der Waals surface area contributed by atoms with E-state index in [4.69, 9.17) is 4.52 Å². The zero-order valence-electron chi connectivity index (χ0n) is 14.9. The van der Waals surface area contributed by atoms with Crippen molar-refractivity contribution in [3.63, 3.8) is 0 Å². The highest BCUT2D eigenvalue weighted by Gasteiger charge is 2.10. The van der Waals surface area contributed by atoms with E-state index in [2.05, 4.69) is 15.2 Å². The minimum atomic E-state index is -0.159. The topological polar surface area (TPSA) is 73.8 Å². The van der Waals surface area contributed by atoms with Crippen LogP contribution >= 0.6 is 0 Å². The van der Waals surface area contributed by atoms with Gasteiger partial charge in [-0.3, -0.25) is 4.79 Å². The lowest BCUT2D eigenvalue weighted by molar-refractivity contribution is 0.368. The van der Waals surface area contributed by atoms with E-state index in [-0.39, 0.29) is 5.56 Å². The summed E-state index contributed by atoms with van der Waals surface area (Å²) >= 11 is 0. The molecule has 0 saturated heterocycles. The summed E-state index contributed by atoms with van der Waals surface area (Å²) in [6.45, 7) is 2.40. The molecule has 6 heteroatoms. The van der Waals surface area contributed by atoms with Crippen LogP contribution in [0, 0.1) is 6.92 Å². The predicted molar refractivity (Wildman–Crippen MR) is 102 cm³/mol. The Kier molecular flexibility index (Phi) is 4.61. The van der Waals surface area contributed by atoms with Crippen LogP contribution in [0.1, 0.15) is 11.5 Å². The van der Waals surface area contributed by atoms with Crippen LogP contribution in [-0.4, -0.2) is 19.9 Å².